The molecule has 0 fully saturated rings. The molecule has 0 radical (unpaired) electrons. The lowest BCUT2D eigenvalue weighted by Gasteiger charge is -2.41. The zero-order chi connectivity index (χ0) is 57.2. The predicted octanol–water partition coefficient (Wildman–Crippen LogP) is 18.8. The average Bonchev–Trinajstić information content (AvgIpc) is 1.44. The van der Waals surface area contributed by atoms with Crippen molar-refractivity contribution >= 4 is 34.4 Å². The number of para-hydroxylation sites is 4. The van der Waals surface area contributed by atoms with Gasteiger partial charge in [0.25, 0.3) is 0 Å². The molecule has 0 saturated heterocycles. The Bertz CT molecular complexity index is 4510. The standard InChI is InChI=1S/C76H50N10/c1-9-29-51(30-10-1)61-50-62(78-70(77-61)54-35-15-4-16-36-54)59-49-60(75-81-71(55-37-17-5-18-38-55)79-72(82-75)56-39-19-6-20-40-56)69(68(53-33-13-3-14-34-53)67(59)52-31-11-2-12-32-52)85-63-45-25-27-47-65(63)86(66-48-28-26-46-64(66)85)76-83-73(57-41-21-7-22-42-57)80-74(84-76)58-43-23-8-24-44-58/h1-50H. The summed E-state index contributed by atoms with van der Waals surface area (Å²) < 4.78 is 0. The zero-order valence-electron chi connectivity index (χ0n) is 46.3. The van der Waals surface area contributed by atoms with Crippen molar-refractivity contribution in [2.75, 3.05) is 9.80 Å². The molecule has 10 nitrogen and oxygen atoms in total. The van der Waals surface area contributed by atoms with E-state index < -0.39 is 0 Å². The van der Waals surface area contributed by atoms with Crippen molar-refractivity contribution in [1.29, 1.82) is 0 Å². The van der Waals surface area contributed by atoms with Crippen molar-refractivity contribution in [3.8, 4) is 113 Å². The highest BCUT2D eigenvalue weighted by molar-refractivity contribution is 6.12. The first-order chi connectivity index (χ1) is 42.7. The van der Waals surface area contributed by atoms with Crippen molar-refractivity contribution in [3.05, 3.63) is 303 Å². The fraction of sp³-hybridized carbons (Fsp3) is 0. The van der Waals surface area contributed by atoms with Crippen molar-refractivity contribution < 1.29 is 0 Å². The monoisotopic (exact) mass is 1100 g/mol. The van der Waals surface area contributed by atoms with Crippen LogP contribution in [0.3, 0.4) is 0 Å². The van der Waals surface area contributed by atoms with Gasteiger partial charge in [0.05, 0.1) is 39.8 Å². The van der Waals surface area contributed by atoms with E-state index in [2.05, 4.69) is 155 Å². The summed E-state index contributed by atoms with van der Waals surface area (Å²) in [7, 11) is 0. The lowest BCUT2D eigenvalue weighted by molar-refractivity contribution is 1.01. The van der Waals surface area contributed by atoms with Gasteiger partial charge in [-0.05, 0) is 47.5 Å². The van der Waals surface area contributed by atoms with Gasteiger partial charge in [-0.25, -0.2) is 29.9 Å². The highest BCUT2D eigenvalue weighted by Gasteiger charge is 2.37. The molecule has 0 aliphatic carbocycles. The molecule has 10 heteroatoms. The lowest BCUT2D eigenvalue weighted by Crippen LogP contribution is -2.26. The summed E-state index contributed by atoms with van der Waals surface area (Å²) in [5, 5.41) is 0. The Morgan fingerprint density at radius 2 is 0.488 bits per heavy atom. The van der Waals surface area contributed by atoms with E-state index in [1.807, 2.05) is 158 Å². The summed E-state index contributed by atoms with van der Waals surface area (Å²) in [5.41, 5.74) is 16.4. The number of hydrogen-bond donors (Lipinski definition) is 0. The lowest BCUT2D eigenvalue weighted by atomic mass is 9.84. The Morgan fingerprint density at radius 3 is 0.884 bits per heavy atom. The summed E-state index contributed by atoms with van der Waals surface area (Å²) in [6, 6.07) is 104. The third-order valence-corrected chi connectivity index (χ3v) is 15.3. The van der Waals surface area contributed by atoms with Gasteiger partial charge in [0.1, 0.15) is 0 Å². The first-order valence-corrected chi connectivity index (χ1v) is 28.5. The fourth-order valence-corrected chi connectivity index (χ4v) is 11.4. The Balaban J connectivity index is 1.09. The summed E-state index contributed by atoms with van der Waals surface area (Å²) >= 11 is 0. The van der Waals surface area contributed by atoms with E-state index in [1.165, 1.54) is 0 Å². The molecule has 15 rings (SSSR count). The second kappa shape index (κ2) is 22.5. The molecule has 4 heterocycles. The first-order valence-electron chi connectivity index (χ1n) is 28.5. The molecule has 14 aromatic rings. The largest absolute Gasteiger partial charge is 0.305 e. The normalized spacial score (nSPS) is 11.7. The molecule has 1 aliphatic heterocycles. The van der Waals surface area contributed by atoms with Gasteiger partial charge in [0, 0.05) is 55.6 Å². The Morgan fingerprint density at radius 1 is 0.198 bits per heavy atom. The minimum absolute atomic E-state index is 0.459. The van der Waals surface area contributed by atoms with Gasteiger partial charge in [-0.15, -0.1) is 0 Å². The number of hydrogen-bond acceptors (Lipinski definition) is 10. The maximum Gasteiger partial charge on any atom is 0.238 e. The molecule has 1 aliphatic rings. The van der Waals surface area contributed by atoms with E-state index in [4.69, 9.17) is 39.9 Å². The minimum Gasteiger partial charge on any atom is -0.305 e. The molecule has 404 valence electrons. The van der Waals surface area contributed by atoms with Crippen LogP contribution in [0.1, 0.15) is 0 Å². The molecule has 86 heavy (non-hydrogen) atoms. The fourth-order valence-electron chi connectivity index (χ4n) is 11.4. The minimum atomic E-state index is 0.459. The number of aromatic nitrogens is 8. The van der Waals surface area contributed by atoms with Crippen LogP contribution in [0.2, 0.25) is 0 Å². The second-order valence-electron chi connectivity index (χ2n) is 20.7. The van der Waals surface area contributed by atoms with E-state index in [0.717, 1.165) is 101 Å². The maximum atomic E-state index is 5.60. The summed E-state index contributed by atoms with van der Waals surface area (Å²) in [6.07, 6.45) is 0. The van der Waals surface area contributed by atoms with E-state index in [1.54, 1.807) is 0 Å². The summed E-state index contributed by atoms with van der Waals surface area (Å²) in [4.78, 5) is 47.7. The number of fused-ring (bicyclic) bond motifs is 2. The molecular weight excluding hydrogens is 1050 g/mol. The molecular formula is C76H50N10. The Labute approximate surface area is 497 Å². The van der Waals surface area contributed by atoms with Crippen molar-refractivity contribution in [1.82, 2.24) is 39.9 Å². The zero-order valence-corrected chi connectivity index (χ0v) is 46.3. The van der Waals surface area contributed by atoms with Crippen LogP contribution in [0.25, 0.3) is 113 Å². The molecule has 0 spiro atoms. The highest BCUT2D eigenvalue weighted by Crippen LogP contribution is 2.59. The van der Waals surface area contributed by atoms with Gasteiger partial charge >= 0.3 is 0 Å². The van der Waals surface area contributed by atoms with Crippen molar-refractivity contribution in [3.63, 3.8) is 0 Å². The van der Waals surface area contributed by atoms with E-state index in [9.17, 15) is 0 Å². The van der Waals surface area contributed by atoms with Gasteiger partial charge in [-0.1, -0.05) is 267 Å². The smallest absolute Gasteiger partial charge is 0.238 e. The van der Waals surface area contributed by atoms with Crippen LogP contribution in [0.5, 0.6) is 0 Å². The summed E-state index contributed by atoms with van der Waals surface area (Å²) in [6.45, 7) is 0. The van der Waals surface area contributed by atoms with E-state index in [-0.39, 0.29) is 0 Å². The quantitative estimate of drug-likeness (QED) is 0.117. The predicted molar refractivity (Wildman–Crippen MR) is 346 cm³/mol. The Kier molecular flexibility index (Phi) is 13.3. The number of benzene rings is 11. The van der Waals surface area contributed by atoms with Gasteiger partial charge < -0.3 is 4.90 Å². The molecule has 0 bridgehead atoms. The summed E-state index contributed by atoms with van der Waals surface area (Å²) in [5.74, 6) is 3.67. The second-order valence-corrected chi connectivity index (χ2v) is 20.7. The maximum absolute atomic E-state index is 5.60. The third-order valence-electron chi connectivity index (χ3n) is 15.3. The van der Waals surface area contributed by atoms with Crippen LogP contribution >= 0.6 is 0 Å². The highest BCUT2D eigenvalue weighted by atomic mass is 15.3. The van der Waals surface area contributed by atoms with E-state index >= 15 is 0 Å². The number of anilines is 6. The van der Waals surface area contributed by atoms with Crippen LogP contribution in [-0.2, 0) is 0 Å². The first kappa shape index (κ1) is 51.0. The SMILES string of the molecule is c1ccc(-c2cc(-c3cc(-c4nc(-c5ccccc5)nc(-c5ccccc5)n4)c(N4c5ccccc5N(c5nc(-c6ccccc6)nc(-c6ccccc6)n5)c5ccccc54)c(-c4ccccc4)c3-c3ccccc3)nc(-c3ccccc3)n2)cc1. The third kappa shape index (κ3) is 9.68. The van der Waals surface area contributed by atoms with Crippen molar-refractivity contribution in [2.45, 2.75) is 0 Å². The number of nitrogens with zero attached hydrogens (tertiary/aromatic N) is 10. The number of rotatable bonds is 12. The van der Waals surface area contributed by atoms with Crippen LogP contribution in [0.4, 0.5) is 34.4 Å². The molecule has 0 unspecified atom stereocenters. The van der Waals surface area contributed by atoms with Crippen LogP contribution in [0.15, 0.2) is 303 Å². The van der Waals surface area contributed by atoms with Crippen LogP contribution in [-0.4, -0.2) is 39.9 Å². The van der Waals surface area contributed by atoms with Crippen LogP contribution in [0, 0.1) is 0 Å². The molecule has 0 atom stereocenters. The van der Waals surface area contributed by atoms with Gasteiger partial charge in [0.15, 0.2) is 34.9 Å². The molecule has 11 aromatic carbocycles. The Hall–Kier alpha value is -11.9. The van der Waals surface area contributed by atoms with Gasteiger partial charge in [-0.3, -0.25) is 4.90 Å². The topological polar surface area (TPSA) is 110 Å². The van der Waals surface area contributed by atoms with Gasteiger partial charge in [-0.2, -0.15) is 9.97 Å². The molecule has 0 N–H and O–H groups in total. The van der Waals surface area contributed by atoms with Gasteiger partial charge in [0.2, 0.25) is 5.95 Å². The average molecular weight is 1100 g/mol. The molecule has 0 amide bonds. The molecule has 3 aromatic heterocycles. The van der Waals surface area contributed by atoms with E-state index in [0.29, 0.717) is 46.6 Å². The van der Waals surface area contributed by atoms with Crippen molar-refractivity contribution in [2.24, 2.45) is 0 Å². The molecule has 0 saturated carbocycles. The van der Waals surface area contributed by atoms with Crippen LogP contribution < -0.4 is 9.80 Å².